The fourth-order valence-electron chi connectivity index (χ4n) is 0.915. The zero-order chi connectivity index (χ0) is 6.97. The molecule has 2 aromatic rings. The second-order valence-electron chi connectivity index (χ2n) is 1.99. The molecule has 0 aliphatic carbocycles. The van der Waals surface area contributed by atoms with Gasteiger partial charge in [-0.2, -0.15) is 0 Å². The molecular formula is C7H5NO2. The topological polar surface area (TPSA) is 34.6 Å². The maximum absolute atomic E-state index is 10.9. The van der Waals surface area contributed by atoms with Crippen LogP contribution in [0.1, 0.15) is 0 Å². The molecule has 0 fully saturated rings. The van der Waals surface area contributed by atoms with Gasteiger partial charge in [0.1, 0.15) is 11.8 Å². The summed E-state index contributed by atoms with van der Waals surface area (Å²) in [6.45, 7) is 0. The van der Waals surface area contributed by atoms with Gasteiger partial charge in [-0.05, 0) is 12.1 Å². The molecule has 0 saturated heterocycles. The van der Waals surface area contributed by atoms with Crippen LogP contribution in [0.5, 0.6) is 0 Å². The summed E-state index contributed by atoms with van der Waals surface area (Å²) in [5.41, 5.74) is 0.273. The minimum atomic E-state index is -0.299. The van der Waals surface area contributed by atoms with Gasteiger partial charge in [-0.3, -0.25) is 0 Å². The first-order valence-electron chi connectivity index (χ1n) is 2.92. The largest absolute Gasteiger partial charge is 0.428 e. The summed E-state index contributed by atoms with van der Waals surface area (Å²) >= 11 is 0. The predicted octanol–water partition coefficient (Wildman–Crippen LogP) is 0.892. The molecule has 3 nitrogen and oxygen atoms in total. The molecule has 0 amide bonds. The third kappa shape index (κ3) is 0.572. The maximum atomic E-state index is 10.9. The highest BCUT2D eigenvalue weighted by atomic mass is 16.4. The Bertz CT molecular complexity index is 399. The molecule has 0 spiro atoms. The van der Waals surface area contributed by atoms with Gasteiger partial charge in [-0.15, -0.1) is 0 Å². The molecule has 50 valence electrons. The number of rotatable bonds is 0. The maximum Gasteiger partial charge on any atom is 0.360 e. The van der Waals surface area contributed by atoms with Crippen molar-refractivity contribution in [1.82, 2.24) is 4.40 Å². The SMILES string of the molecule is O=c1occn2cccc12. The van der Waals surface area contributed by atoms with Gasteiger partial charge < -0.3 is 8.82 Å². The Labute approximate surface area is 56.5 Å². The molecule has 3 heteroatoms. The van der Waals surface area contributed by atoms with E-state index in [9.17, 15) is 4.79 Å². The molecule has 2 rings (SSSR count). The number of hydrogen-bond acceptors (Lipinski definition) is 2. The Morgan fingerprint density at radius 1 is 1.40 bits per heavy atom. The van der Waals surface area contributed by atoms with E-state index in [-0.39, 0.29) is 5.63 Å². The summed E-state index contributed by atoms with van der Waals surface area (Å²) in [5, 5.41) is 0. The minimum absolute atomic E-state index is 0.299. The first-order valence-corrected chi connectivity index (χ1v) is 2.92. The number of aromatic nitrogens is 1. The molecule has 0 saturated carbocycles. The van der Waals surface area contributed by atoms with Crippen LogP contribution in [-0.2, 0) is 0 Å². The van der Waals surface area contributed by atoms with E-state index in [1.807, 2.05) is 0 Å². The Hall–Kier alpha value is -1.51. The van der Waals surface area contributed by atoms with Gasteiger partial charge in [0.25, 0.3) is 0 Å². The van der Waals surface area contributed by atoms with Crippen LogP contribution in [-0.4, -0.2) is 4.40 Å². The summed E-state index contributed by atoms with van der Waals surface area (Å²) in [5.74, 6) is 0. The van der Waals surface area contributed by atoms with Crippen molar-refractivity contribution in [3.63, 3.8) is 0 Å². The lowest BCUT2D eigenvalue weighted by Gasteiger charge is -1.87. The van der Waals surface area contributed by atoms with Crippen molar-refractivity contribution >= 4 is 5.52 Å². The quantitative estimate of drug-likeness (QED) is 0.537. The normalized spacial score (nSPS) is 10.4. The minimum Gasteiger partial charge on any atom is -0.428 e. The second kappa shape index (κ2) is 1.73. The Kier molecular flexibility index (Phi) is 0.917. The molecule has 0 aliphatic rings. The zero-order valence-corrected chi connectivity index (χ0v) is 5.15. The van der Waals surface area contributed by atoms with Crippen molar-refractivity contribution in [2.75, 3.05) is 0 Å². The summed E-state index contributed by atoms with van der Waals surface area (Å²) < 4.78 is 6.34. The van der Waals surface area contributed by atoms with E-state index in [4.69, 9.17) is 0 Å². The van der Waals surface area contributed by atoms with Gasteiger partial charge in [0.15, 0.2) is 0 Å². The highest BCUT2D eigenvalue weighted by Crippen LogP contribution is 1.95. The third-order valence-electron chi connectivity index (χ3n) is 1.38. The van der Waals surface area contributed by atoms with Crippen molar-refractivity contribution in [3.05, 3.63) is 41.2 Å². The molecule has 2 aromatic heterocycles. The van der Waals surface area contributed by atoms with Crippen molar-refractivity contribution in [3.8, 4) is 0 Å². The molecule has 0 aliphatic heterocycles. The lowest BCUT2D eigenvalue weighted by molar-refractivity contribution is 0.509. The van der Waals surface area contributed by atoms with E-state index in [1.165, 1.54) is 6.26 Å². The van der Waals surface area contributed by atoms with Crippen LogP contribution in [0.2, 0.25) is 0 Å². The first-order chi connectivity index (χ1) is 4.88. The zero-order valence-electron chi connectivity index (χ0n) is 5.15. The van der Waals surface area contributed by atoms with E-state index in [0.717, 1.165) is 0 Å². The second-order valence-corrected chi connectivity index (χ2v) is 1.99. The molecule has 0 radical (unpaired) electrons. The molecule has 2 heterocycles. The first kappa shape index (κ1) is 5.29. The fourth-order valence-corrected chi connectivity index (χ4v) is 0.915. The van der Waals surface area contributed by atoms with Crippen LogP contribution >= 0.6 is 0 Å². The van der Waals surface area contributed by atoms with Gasteiger partial charge >= 0.3 is 5.63 Å². The Balaban J connectivity index is 3.09. The molecule has 0 N–H and O–H groups in total. The highest BCUT2D eigenvalue weighted by molar-refractivity contribution is 5.43. The standard InChI is InChI=1S/C7H5NO2/c9-7-6-2-1-3-8(6)4-5-10-7/h1-5H. The summed E-state index contributed by atoms with van der Waals surface area (Å²) in [7, 11) is 0. The molecule has 0 bridgehead atoms. The fraction of sp³-hybridized carbons (Fsp3) is 0. The van der Waals surface area contributed by atoms with Gasteiger partial charge in [0.05, 0.1) is 0 Å². The van der Waals surface area contributed by atoms with Gasteiger partial charge in [0.2, 0.25) is 0 Å². The van der Waals surface area contributed by atoms with Crippen LogP contribution in [0.4, 0.5) is 0 Å². The van der Waals surface area contributed by atoms with Crippen LogP contribution in [0.3, 0.4) is 0 Å². The van der Waals surface area contributed by atoms with E-state index >= 15 is 0 Å². The lowest BCUT2D eigenvalue weighted by Crippen LogP contribution is -2.00. The van der Waals surface area contributed by atoms with E-state index in [2.05, 4.69) is 4.42 Å². The summed E-state index contributed by atoms with van der Waals surface area (Å²) in [6, 6.07) is 3.51. The van der Waals surface area contributed by atoms with Crippen molar-refractivity contribution in [2.24, 2.45) is 0 Å². The number of hydrogen-bond donors (Lipinski definition) is 0. The Morgan fingerprint density at radius 2 is 2.30 bits per heavy atom. The van der Waals surface area contributed by atoms with Crippen LogP contribution < -0.4 is 5.63 Å². The van der Waals surface area contributed by atoms with Crippen molar-refractivity contribution in [2.45, 2.75) is 0 Å². The highest BCUT2D eigenvalue weighted by Gasteiger charge is 1.94. The van der Waals surface area contributed by atoms with E-state index in [0.29, 0.717) is 5.52 Å². The molecular weight excluding hydrogens is 130 g/mol. The van der Waals surface area contributed by atoms with E-state index in [1.54, 1.807) is 28.9 Å². The Morgan fingerprint density at radius 3 is 3.10 bits per heavy atom. The van der Waals surface area contributed by atoms with Gasteiger partial charge in [-0.1, -0.05) is 0 Å². The van der Waals surface area contributed by atoms with Crippen molar-refractivity contribution in [1.29, 1.82) is 0 Å². The van der Waals surface area contributed by atoms with Gasteiger partial charge in [0, 0.05) is 12.4 Å². The predicted molar refractivity (Wildman–Crippen MR) is 35.9 cm³/mol. The lowest BCUT2D eigenvalue weighted by atomic mass is 10.5. The number of nitrogens with zero attached hydrogens (tertiary/aromatic N) is 1. The smallest absolute Gasteiger partial charge is 0.360 e. The molecule has 0 aromatic carbocycles. The molecule has 10 heavy (non-hydrogen) atoms. The monoisotopic (exact) mass is 135 g/mol. The van der Waals surface area contributed by atoms with Crippen LogP contribution in [0.25, 0.3) is 5.52 Å². The van der Waals surface area contributed by atoms with Crippen LogP contribution in [0.15, 0.2) is 40.0 Å². The summed E-state index contributed by atoms with van der Waals surface area (Å²) in [4.78, 5) is 10.9. The van der Waals surface area contributed by atoms with E-state index < -0.39 is 0 Å². The van der Waals surface area contributed by atoms with Crippen molar-refractivity contribution < 1.29 is 4.42 Å². The molecule has 0 unspecified atom stereocenters. The summed E-state index contributed by atoms with van der Waals surface area (Å²) in [6.07, 6.45) is 4.86. The average Bonchev–Trinajstić information content (AvgIpc) is 2.36. The van der Waals surface area contributed by atoms with Crippen LogP contribution in [0, 0.1) is 0 Å². The third-order valence-corrected chi connectivity index (χ3v) is 1.38. The molecule has 0 atom stereocenters. The average molecular weight is 135 g/mol. The van der Waals surface area contributed by atoms with Gasteiger partial charge in [-0.25, -0.2) is 4.79 Å². The number of fused-ring (bicyclic) bond motifs is 1.